The highest BCUT2D eigenvalue weighted by atomic mass is 16.6. The minimum atomic E-state index is -0.571. The summed E-state index contributed by atoms with van der Waals surface area (Å²) in [6.45, 7) is 7.55. The fourth-order valence-corrected chi connectivity index (χ4v) is 2.18. The molecule has 14 heavy (non-hydrogen) atoms. The average molecular weight is 201 g/mol. The van der Waals surface area contributed by atoms with Crippen LogP contribution in [0.4, 0.5) is 0 Å². The Hall–Kier alpha value is -0.120. The summed E-state index contributed by atoms with van der Waals surface area (Å²) in [7, 11) is 2.13. The molecule has 1 fully saturated rings. The Balaban J connectivity index is 2.42. The normalized spacial score (nSPS) is 34.1. The first-order chi connectivity index (χ1) is 6.49. The van der Waals surface area contributed by atoms with Crippen LogP contribution in [0.25, 0.3) is 0 Å². The van der Waals surface area contributed by atoms with Crippen LogP contribution < -0.4 is 0 Å². The number of nitrogens with zero attached hydrogens (tertiary/aromatic N) is 1. The van der Waals surface area contributed by atoms with Gasteiger partial charge in [-0.3, -0.25) is 0 Å². The van der Waals surface area contributed by atoms with Gasteiger partial charge in [0.05, 0.1) is 6.10 Å². The van der Waals surface area contributed by atoms with Crippen molar-refractivity contribution in [3.8, 4) is 0 Å². The highest BCUT2D eigenvalue weighted by molar-refractivity contribution is 4.78. The molecule has 1 aliphatic heterocycles. The van der Waals surface area contributed by atoms with E-state index in [0.29, 0.717) is 12.0 Å². The summed E-state index contributed by atoms with van der Waals surface area (Å²) in [6, 6.07) is 0.469. The molecule has 84 valence electrons. The second-order valence-electron chi connectivity index (χ2n) is 4.86. The van der Waals surface area contributed by atoms with Crippen molar-refractivity contribution in [2.75, 3.05) is 13.6 Å². The molecular formula is C11H23NO2. The third kappa shape index (κ3) is 3.56. The van der Waals surface area contributed by atoms with Gasteiger partial charge in [0.15, 0.2) is 6.29 Å². The molecular weight excluding hydrogens is 178 g/mol. The Labute approximate surface area is 87.1 Å². The van der Waals surface area contributed by atoms with Gasteiger partial charge in [0.25, 0.3) is 0 Å². The minimum Gasteiger partial charge on any atom is -0.368 e. The predicted molar refractivity (Wildman–Crippen MR) is 57.0 cm³/mol. The topological polar surface area (TPSA) is 32.7 Å². The zero-order chi connectivity index (χ0) is 10.7. The van der Waals surface area contributed by atoms with E-state index in [1.807, 2.05) is 6.92 Å². The standard InChI is InChI=1S/C11H23NO2/c1-8(2)7-12(4)10-5-9(3)14-11(13)6-10/h8-11,13H,5-7H2,1-4H3/t9-,10+,11?/m1/s1. The van der Waals surface area contributed by atoms with Gasteiger partial charge in [-0.05, 0) is 26.3 Å². The first kappa shape index (κ1) is 12.0. The van der Waals surface area contributed by atoms with E-state index in [1.54, 1.807) is 0 Å². The summed E-state index contributed by atoms with van der Waals surface area (Å²) in [5.74, 6) is 0.676. The zero-order valence-corrected chi connectivity index (χ0v) is 9.73. The first-order valence-corrected chi connectivity index (χ1v) is 5.52. The van der Waals surface area contributed by atoms with Crippen LogP contribution in [0, 0.1) is 5.92 Å². The lowest BCUT2D eigenvalue weighted by atomic mass is 10.0. The second kappa shape index (κ2) is 5.10. The maximum atomic E-state index is 9.48. The summed E-state index contributed by atoms with van der Waals surface area (Å²) >= 11 is 0. The Morgan fingerprint density at radius 1 is 1.43 bits per heavy atom. The van der Waals surface area contributed by atoms with Gasteiger partial charge in [0.2, 0.25) is 0 Å². The maximum absolute atomic E-state index is 9.48. The molecule has 0 spiro atoms. The first-order valence-electron chi connectivity index (χ1n) is 5.52. The van der Waals surface area contributed by atoms with Crippen molar-refractivity contribution >= 4 is 0 Å². The molecule has 0 aromatic rings. The molecule has 0 bridgehead atoms. The molecule has 0 amide bonds. The van der Waals surface area contributed by atoms with Crippen molar-refractivity contribution in [2.24, 2.45) is 5.92 Å². The molecule has 1 saturated heterocycles. The Morgan fingerprint density at radius 3 is 2.57 bits per heavy atom. The molecule has 0 aromatic heterocycles. The van der Waals surface area contributed by atoms with Crippen LogP contribution >= 0.6 is 0 Å². The molecule has 0 saturated carbocycles. The molecule has 0 aliphatic carbocycles. The third-order valence-electron chi connectivity index (χ3n) is 2.74. The largest absolute Gasteiger partial charge is 0.368 e. The van der Waals surface area contributed by atoms with E-state index in [0.717, 1.165) is 19.4 Å². The maximum Gasteiger partial charge on any atom is 0.156 e. The minimum absolute atomic E-state index is 0.179. The summed E-state index contributed by atoms with van der Waals surface area (Å²) in [4.78, 5) is 2.34. The number of aliphatic hydroxyl groups is 1. The molecule has 3 atom stereocenters. The number of hydrogen-bond acceptors (Lipinski definition) is 3. The van der Waals surface area contributed by atoms with Crippen LogP contribution in [-0.2, 0) is 4.74 Å². The lowest BCUT2D eigenvalue weighted by molar-refractivity contribution is -0.174. The summed E-state index contributed by atoms with van der Waals surface area (Å²) in [6.07, 6.45) is 1.38. The predicted octanol–water partition coefficient (Wildman–Crippen LogP) is 1.46. The summed E-state index contributed by atoms with van der Waals surface area (Å²) < 4.78 is 5.30. The Bertz CT molecular complexity index is 163. The number of rotatable bonds is 3. The molecule has 1 N–H and O–H groups in total. The van der Waals surface area contributed by atoms with Gasteiger partial charge < -0.3 is 14.7 Å². The van der Waals surface area contributed by atoms with Gasteiger partial charge in [-0.25, -0.2) is 0 Å². The van der Waals surface area contributed by atoms with Crippen LogP contribution in [0.1, 0.15) is 33.6 Å². The second-order valence-corrected chi connectivity index (χ2v) is 4.86. The van der Waals surface area contributed by atoms with Gasteiger partial charge in [-0.2, -0.15) is 0 Å². The smallest absolute Gasteiger partial charge is 0.156 e. The average Bonchev–Trinajstić information content (AvgIpc) is 2.00. The highest BCUT2D eigenvalue weighted by Crippen LogP contribution is 2.22. The fraction of sp³-hybridized carbons (Fsp3) is 1.00. The number of hydrogen-bond donors (Lipinski definition) is 1. The molecule has 1 rings (SSSR count). The lowest BCUT2D eigenvalue weighted by Crippen LogP contribution is -2.44. The van der Waals surface area contributed by atoms with E-state index < -0.39 is 6.29 Å². The number of ether oxygens (including phenoxy) is 1. The van der Waals surface area contributed by atoms with E-state index in [9.17, 15) is 5.11 Å². The van der Waals surface area contributed by atoms with Crippen LogP contribution in [0.2, 0.25) is 0 Å². The molecule has 0 aromatic carbocycles. The van der Waals surface area contributed by atoms with Gasteiger partial charge in [-0.15, -0.1) is 0 Å². The van der Waals surface area contributed by atoms with E-state index >= 15 is 0 Å². The number of aliphatic hydroxyl groups excluding tert-OH is 1. The van der Waals surface area contributed by atoms with Crippen molar-refractivity contribution in [3.63, 3.8) is 0 Å². The molecule has 3 heteroatoms. The van der Waals surface area contributed by atoms with E-state index in [1.165, 1.54) is 0 Å². The van der Waals surface area contributed by atoms with Crippen molar-refractivity contribution in [1.29, 1.82) is 0 Å². The highest BCUT2D eigenvalue weighted by Gasteiger charge is 2.28. The molecule has 1 aliphatic rings. The van der Waals surface area contributed by atoms with Crippen LogP contribution in [0.5, 0.6) is 0 Å². The van der Waals surface area contributed by atoms with Crippen molar-refractivity contribution in [3.05, 3.63) is 0 Å². The van der Waals surface area contributed by atoms with E-state index in [-0.39, 0.29) is 6.10 Å². The summed E-state index contributed by atoms with van der Waals surface area (Å²) in [5, 5.41) is 9.48. The Morgan fingerprint density at radius 2 is 2.07 bits per heavy atom. The molecule has 1 unspecified atom stereocenters. The van der Waals surface area contributed by atoms with E-state index in [2.05, 4.69) is 25.8 Å². The quantitative estimate of drug-likeness (QED) is 0.750. The van der Waals surface area contributed by atoms with E-state index in [4.69, 9.17) is 4.74 Å². The molecule has 0 radical (unpaired) electrons. The van der Waals surface area contributed by atoms with Crippen LogP contribution in [0.15, 0.2) is 0 Å². The van der Waals surface area contributed by atoms with Crippen molar-refractivity contribution < 1.29 is 9.84 Å². The van der Waals surface area contributed by atoms with Gasteiger partial charge >= 0.3 is 0 Å². The van der Waals surface area contributed by atoms with Gasteiger partial charge in [0, 0.05) is 19.0 Å². The zero-order valence-electron chi connectivity index (χ0n) is 9.73. The fourth-order valence-electron chi connectivity index (χ4n) is 2.18. The Kier molecular flexibility index (Phi) is 4.35. The van der Waals surface area contributed by atoms with Gasteiger partial charge in [-0.1, -0.05) is 13.8 Å². The monoisotopic (exact) mass is 201 g/mol. The lowest BCUT2D eigenvalue weighted by Gasteiger charge is -2.37. The van der Waals surface area contributed by atoms with Crippen molar-refractivity contribution in [1.82, 2.24) is 4.90 Å². The van der Waals surface area contributed by atoms with Crippen LogP contribution in [-0.4, -0.2) is 42.0 Å². The SMILES string of the molecule is CC(C)CN(C)[C@@H]1CC(O)O[C@H](C)C1. The summed E-state index contributed by atoms with van der Waals surface area (Å²) in [5.41, 5.74) is 0. The van der Waals surface area contributed by atoms with Gasteiger partial charge in [0.1, 0.15) is 0 Å². The van der Waals surface area contributed by atoms with Crippen LogP contribution in [0.3, 0.4) is 0 Å². The molecule has 3 nitrogen and oxygen atoms in total. The third-order valence-corrected chi connectivity index (χ3v) is 2.74. The molecule has 1 heterocycles. The van der Waals surface area contributed by atoms with Crippen molar-refractivity contribution in [2.45, 2.75) is 52.0 Å².